The molecule has 5 heteroatoms. The lowest BCUT2D eigenvalue weighted by atomic mass is 10.1. The van der Waals surface area contributed by atoms with Gasteiger partial charge in [0.1, 0.15) is 5.75 Å². The van der Waals surface area contributed by atoms with Gasteiger partial charge in [0.2, 0.25) is 0 Å². The molecule has 3 aromatic rings. The van der Waals surface area contributed by atoms with Gasteiger partial charge in [-0.25, -0.2) is 0 Å². The first-order valence-corrected chi connectivity index (χ1v) is 9.69. The number of halogens is 2. The van der Waals surface area contributed by atoms with Gasteiger partial charge < -0.3 is 15.5 Å². The molecule has 0 radical (unpaired) electrons. The summed E-state index contributed by atoms with van der Waals surface area (Å²) in [6.07, 6.45) is 6.90. The fourth-order valence-electron chi connectivity index (χ4n) is 2.79. The number of hydrogen-bond donors (Lipinski definition) is 2. The van der Waals surface area contributed by atoms with Crippen LogP contribution in [-0.4, -0.2) is 4.98 Å². The third-order valence-corrected chi connectivity index (χ3v) is 5.21. The highest BCUT2D eigenvalue weighted by Gasteiger charge is 2.11. The highest BCUT2D eigenvalue weighted by atomic mass is 79.9. The Morgan fingerprint density at radius 1 is 1.08 bits per heavy atom. The molecule has 24 heavy (non-hydrogen) atoms. The number of unbranched alkanes of at least 4 members (excludes halogenated alkanes) is 2. The quantitative estimate of drug-likeness (QED) is 0.319. The lowest BCUT2D eigenvalue weighted by Gasteiger charge is -2.11. The van der Waals surface area contributed by atoms with Crippen molar-refractivity contribution in [2.45, 2.75) is 32.6 Å². The molecule has 1 heterocycles. The molecule has 2 aromatic carbocycles. The van der Waals surface area contributed by atoms with Gasteiger partial charge in [-0.1, -0.05) is 19.8 Å². The van der Waals surface area contributed by atoms with Crippen molar-refractivity contribution in [1.29, 1.82) is 0 Å². The monoisotopic (exact) mass is 450 g/mol. The normalized spacial score (nSPS) is 11.1. The second-order valence-electron chi connectivity index (χ2n) is 5.89. The Hall–Kier alpha value is -1.46. The second kappa shape index (κ2) is 7.62. The van der Waals surface area contributed by atoms with Gasteiger partial charge in [0.05, 0.1) is 8.95 Å². The lowest BCUT2D eigenvalue weighted by molar-refractivity contribution is 0.477. The van der Waals surface area contributed by atoms with Crippen LogP contribution in [0.3, 0.4) is 0 Å². The average molecular weight is 452 g/mol. The Balaban J connectivity index is 1.89. The van der Waals surface area contributed by atoms with E-state index in [0.29, 0.717) is 5.69 Å². The first-order chi connectivity index (χ1) is 11.6. The van der Waals surface area contributed by atoms with Crippen LogP contribution in [0.1, 0.15) is 31.7 Å². The van der Waals surface area contributed by atoms with E-state index in [2.05, 4.69) is 62.1 Å². The van der Waals surface area contributed by atoms with Crippen molar-refractivity contribution >= 4 is 48.5 Å². The van der Waals surface area contributed by atoms with Crippen LogP contribution in [0.4, 0.5) is 5.69 Å². The summed E-state index contributed by atoms with van der Waals surface area (Å²) in [5.41, 5.74) is 9.01. The molecule has 0 saturated heterocycles. The molecule has 0 bridgehead atoms. The van der Waals surface area contributed by atoms with Gasteiger partial charge in [-0.2, -0.15) is 0 Å². The molecule has 0 aliphatic heterocycles. The predicted octanol–water partition coefficient (Wildman–Crippen LogP) is 6.80. The third kappa shape index (κ3) is 3.78. The highest BCUT2D eigenvalue weighted by Crippen LogP contribution is 2.39. The van der Waals surface area contributed by atoms with E-state index in [1.165, 1.54) is 30.2 Å². The topological polar surface area (TPSA) is 51.0 Å². The summed E-state index contributed by atoms with van der Waals surface area (Å²) in [4.78, 5) is 3.35. The van der Waals surface area contributed by atoms with Crippen LogP contribution < -0.4 is 10.5 Å². The van der Waals surface area contributed by atoms with E-state index in [4.69, 9.17) is 10.5 Å². The molecule has 126 valence electrons. The van der Waals surface area contributed by atoms with E-state index in [-0.39, 0.29) is 0 Å². The molecule has 0 aliphatic carbocycles. The maximum atomic E-state index is 6.09. The van der Waals surface area contributed by atoms with Gasteiger partial charge in [-0.15, -0.1) is 0 Å². The zero-order valence-electron chi connectivity index (χ0n) is 13.5. The molecule has 0 unspecified atom stereocenters. The van der Waals surface area contributed by atoms with Crippen molar-refractivity contribution in [2.75, 3.05) is 5.73 Å². The van der Waals surface area contributed by atoms with E-state index in [0.717, 1.165) is 32.4 Å². The predicted molar refractivity (Wildman–Crippen MR) is 108 cm³/mol. The summed E-state index contributed by atoms with van der Waals surface area (Å²) in [7, 11) is 0. The summed E-state index contributed by atoms with van der Waals surface area (Å²) in [6.45, 7) is 2.23. The number of rotatable bonds is 6. The molecule has 0 amide bonds. The van der Waals surface area contributed by atoms with E-state index >= 15 is 0 Å². The van der Waals surface area contributed by atoms with E-state index in [1.807, 2.05) is 18.2 Å². The van der Waals surface area contributed by atoms with Crippen LogP contribution in [0.5, 0.6) is 11.5 Å². The van der Waals surface area contributed by atoms with Gasteiger partial charge in [-0.3, -0.25) is 0 Å². The molecule has 3 rings (SSSR count). The summed E-state index contributed by atoms with van der Waals surface area (Å²) in [6, 6.07) is 9.82. The Morgan fingerprint density at radius 2 is 1.83 bits per heavy atom. The number of nitrogens with one attached hydrogen (secondary N) is 1. The molecule has 3 nitrogen and oxygen atoms in total. The Bertz CT molecular complexity index is 835. The number of anilines is 1. The number of hydrogen-bond acceptors (Lipinski definition) is 2. The molecule has 1 aromatic heterocycles. The summed E-state index contributed by atoms with van der Waals surface area (Å²) >= 11 is 7.03. The highest BCUT2D eigenvalue weighted by molar-refractivity contribution is 9.11. The second-order valence-corrected chi connectivity index (χ2v) is 7.60. The molecular formula is C19H20Br2N2O. The minimum absolute atomic E-state index is 0.681. The number of aromatic nitrogens is 1. The zero-order valence-corrected chi connectivity index (χ0v) is 16.7. The van der Waals surface area contributed by atoms with Crippen LogP contribution in [0.25, 0.3) is 10.9 Å². The number of H-pyrrole nitrogens is 1. The summed E-state index contributed by atoms with van der Waals surface area (Å²) in [5, 5.41) is 1.23. The van der Waals surface area contributed by atoms with Gasteiger partial charge in [0, 0.05) is 22.8 Å². The summed E-state index contributed by atoms with van der Waals surface area (Å²) in [5.74, 6) is 1.54. The van der Waals surface area contributed by atoms with Crippen LogP contribution in [0, 0.1) is 0 Å². The first-order valence-electron chi connectivity index (χ1n) is 8.11. The molecule has 3 N–H and O–H groups in total. The molecule has 0 saturated carbocycles. The number of nitrogens with two attached hydrogens (primary N) is 1. The molecule has 0 spiro atoms. The van der Waals surface area contributed by atoms with Crippen LogP contribution in [0.2, 0.25) is 0 Å². The maximum Gasteiger partial charge on any atom is 0.155 e. The van der Waals surface area contributed by atoms with E-state index < -0.39 is 0 Å². The number of fused-ring (bicyclic) bond motifs is 1. The fourth-order valence-corrected chi connectivity index (χ4v) is 4.17. The SMILES string of the molecule is CCCCCc1c[nH]c2ccc(Oc3c(Br)cc(N)cc3Br)cc12. The Kier molecular flexibility index (Phi) is 5.51. The van der Waals surface area contributed by atoms with Gasteiger partial charge in [0.15, 0.2) is 5.75 Å². The largest absolute Gasteiger partial charge is 0.455 e. The van der Waals surface area contributed by atoms with Crippen molar-refractivity contribution in [1.82, 2.24) is 4.98 Å². The van der Waals surface area contributed by atoms with Gasteiger partial charge in [0.25, 0.3) is 0 Å². The van der Waals surface area contributed by atoms with Crippen LogP contribution in [-0.2, 0) is 6.42 Å². The molecule has 0 atom stereocenters. The molecule has 0 aliphatic rings. The van der Waals surface area contributed by atoms with Crippen molar-refractivity contribution in [3.63, 3.8) is 0 Å². The summed E-state index contributed by atoms with van der Waals surface area (Å²) < 4.78 is 7.74. The van der Waals surface area contributed by atoms with Crippen molar-refractivity contribution in [3.8, 4) is 11.5 Å². The third-order valence-electron chi connectivity index (χ3n) is 4.03. The Labute approximate surface area is 158 Å². The van der Waals surface area contributed by atoms with Crippen LogP contribution in [0.15, 0.2) is 45.5 Å². The standard InChI is InChI=1S/C19H20Br2N2O/c1-2-3-4-5-12-11-23-18-7-6-14(10-15(12)18)24-19-16(20)8-13(22)9-17(19)21/h6-11,23H,2-5,22H2,1H3. The smallest absolute Gasteiger partial charge is 0.155 e. The number of aryl methyl sites for hydroxylation is 1. The average Bonchev–Trinajstić information content (AvgIpc) is 2.94. The van der Waals surface area contributed by atoms with Crippen LogP contribution >= 0.6 is 31.9 Å². The number of nitrogen functional groups attached to an aromatic ring is 1. The van der Waals surface area contributed by atoms with Gasteiger partial charge >= 0.3 is 0 Å². The van der Waals surface area contributed by atoms with E-state index in [1.54, 1.807) is 0 Å². The fraction of sp³-hybridized carbons (Fsp3) is 0.263. The maximum absolute atomic E-state index is 6.09. The number of ether oxygens (including phenoxy) is 1. The lowest BCUT2D eigenvalue weighted by Crippen LogP contribution is -1.91. The van der Waals surface area contributed by atoms with E-state index in [9.17, 15) is 0 Å². The van der Waals surface area contributed by atoms with Crippen molar-refractivity contribution in [3.05, 3.63) is 51.0 Å². The minimum atomic E-state index is 0.681. The number of aromatic amines is 1. The van der Waals surface area contributed by atoms with Gasteiger partial charge in [-0.05, 0) is 80.6 Å². The minimum Gasteiger partial charge on any atom is -0.455 e. The molecule has 0 fully saturated rings. The molecular weight excluding hydrogens is 432 g/mol. The Morgan fingerprint density at radius 3 is 2.54 bits per heavy atom. The first kappa shape index (κ1) is 17.4. The number of benzene rings is 2. The van der Waals surface area contributed by atoms with Crippen molar-refractivity contribution in [2.24, 2.45) is 0 Å². The van der Waals surface area contributed by atoms with Crippen molar-refractivity contribution < 1.29 is 4.74 Å². The zero-order chi connectivity index (χ0) is 17.1.